The zero-order valence-electron chi connectivity index (χ0n) is 20.5. The van der Waals surface area contributed by atoms with Crippen LogP contribution in [0.2, 0.25) is 0 Å². The van der Waals surface area contributed by atoms with Crippen molar-refractivity contribution in [2.75, 3.05) is 18.1 Å². The van der Waals surface area contributed by atoms with Gasteiger partial charge < -0.3 is 14.4 Å². The van der Waals surface area contributed by atoms with Crippen molar-refractivity contribution in [3.05, 3.63) is 126 Å². The lowest BCUT2D eigenvalue weighted by atomic mass is 9.99. The molecule has 0 amide bonds. The van der Waals surface area contributed by atoms with Crippen molar-refractivity contribution in [3.8, 4) is 22.6 Å². The van der Waals surface area contributed by atoms with Gasteiger partial charge in [-0.15, -0.1) is 0 Å². The van der Waals surface area contributed by atoms with Crippen LogP contribution in [0.15, 0.2) is 109 Å². The number of para-hydroxylation sites is 2. The molecule has 36 heavy (non-hydrogen) atoms. The normalized spacial score (nSPS) is 16.6. The van der Waals surface area contributed by atoms with Crippen molar-refractivity contribution in [3.63, 3.8) is 0 Å². The van der Waals surface area contributed by atoms with Gasteiger partial charge in [-0.05, 0) is 53.5 Å². The molecule has 4 aromatic rings. The molecule has 0 spiro atoms. The Morgan fingerprint density at radius 3 is 1.58 bits per heavy atom. The maximum absolute atomic E-state index is 5.92. The summed E-state index contributed by atoms with van der Waals surface area (Å²) in [7, 11) is 0. The molecule has 0 atom stereocenters. The highest BCUT2D eigenvalue weighted by Gasteiger charge is 2.19. The van der Waals surface area contributed by atoms with Gasteiger partial charge in [0.2, 0.25) is 0 Å². The molecule has 0 bridgehead atoms. The van der Waals surface area contributed by atoms with Crippen molar-refractivity contribution >= 4 is 16.8 Å². The van der Waals surface area contributed by atoms with Gasteiger partial charge in [-0.2, -0.15) is 0 Å². The average molecular weight is 472 g/mol. The topological polar surface area (TPSA) is 21.7 Å². The van der Waals surface area contributed by atoms with E-state index in [0.717, 1.165) is 41.2 Å². The van der Waals surface area contributed by atoms with E-state index in [2.05, 4.69) is 109 Å². The number of anilines is 1. The summed E-state index contributed by atoms with van der Waals surface area (Å²) in [5.41, 5.74) is 9.71. The minimum absolute atomic E-state index is 0.691. The van der Waals surface area contributed by atoms with Gasteiger partial charge in [-0.1, -0.05) is 78.4 Å². The van der Waals surface area contributed by atoms with E-state index in [9.17, 15) is 0 Å². The molecule has 178 valence electrons. The van der Waals surface area contributed by atoms with E-state index >= 15 is 0 Å². The molecule has 0 fully saturated rings. The third-order valence-electron chi connectivity index (χ3n) is 6.86. The largest absolute Gasteiger partial charge is 0.493 e. The minimum atomic E-state index is 0.691. The molecule has 3 heteroatoms. The molecule has 0 aliphatic carbocycles. The Balaban J connectivity index is 1.42. The van der Waals surface area contributed by atoms with Gasteiger partial charge >= 0.3 is 0 Å². The summed E-state index contributed by atoms with van der Waals surface area (Å²) < 4.78 is 11.8. The summed E-state index contributed by atoms with van der Waals surface area (Å²) in [6.07, 6.45) is 6.29. The molecular weight excluding hydrogens is 442 g/mol. The lowest BCUT2D eigenvalue weighted by Gasteiger charge is -2.26. The van der Waals surface area contributed by atoms with E-state index in [1.54, 1.807) is 0 Å². The molecule has 6 rings (SSSR count). The zero-order chi connectivity index (χ0) is 24.3. The van der Waals surface area contributed by atoms with Crippen molar-refractivity contribution in [2.45, 2.75) is 19.8 Å². The number of benzene rings is 4. The Hall–Kier alpha value is -4.24. The smallest absolute Gasteiger partial charge is 0.126 e. The number of hydrogen-bond acceptors (Lipinski definition) is 3. The second-order valence-corrected chi connectivity index (χ2v) is 9.32. The van der Waals surface area contributed by atoms with E-state index in [4.69, 9.17) is 9.47 Å². The van der Waals surface area contributed by atoms with Crippen molar-refractivity contribution in [1.29, 1.82) is 0 Å². The Morgan fingerprint density at radius 2 is 1.06 bits per heavy atom. The molecule has 3 nitrogen and oxygen atoms in total. The lowest BCUT2D eigenvalue weighted by molar-refractivity contribution is 0.316. The van der Waals surface area contributed by atoms with Gasteiger partial charge in [-0.3, -0.25) is 0 Å². The van der Waals surface area contributed by atoms with Gasteiger partial charge in [0.05, 0.1) is 13.2 Å². The molecule has 2 aliphatic rings. The fourth-order valence-electron chi connectivity index (χ4n) is 4.89. The molecule has 0 saturated carbocycles. The summed E-state index contributed by atoms with van der Waals surface area (Å²) in [4.78, 5) is 2.27. The monoisotopic (exact) mass is 471 g/mol. The number of rotatable bonds is 4. The Morgan fingerprint density at radius 1 is 0.583 bits per heavy atom. The van der Waals surface area contributed by atoms with Gasteiger partial charge in [0.15, 0.2) is 0 Å². The fourth-order valence-corrected chi connectivity index (χ4v) is 4.89. The molecule has 2 heterocycles. The van der Waals surface area contributed by atoms with Crippen LogP contribution in [0.4, 0.5) is 5.69 Å². The summed E-state index contributed by atoms with van der Waals surface area (Å²) in [6, 6.07) is 34.1. The van der Waals surface area contributed by atoms with Gasteiger partial charge in [0.25, 0.3) is 0 Å². The molecule has 4 aromatic carbocycles. The van der Waals surface area contributed by atoms with E-state index in [-0.39, 0.29) is 0 Å². The van der Waals surface area contributed by atoms with Crippen molar-refractivity contribution < 1.29 is 9.47 Å². The standard InChI is InChI=1S/C33H29NO2/c1-24-10-12-25(13-11-24)26-14-16-29(17-15-26)34(22-27-18-20-35-32-8-4-2-6-30(27)32)23-28-19-21-36-33-9-5-3-7-31(28)33/h2-17,22-23H,18-21H2,1H3. The Labute approximate surface area is 212 Å². The van der Waals surface area contributed by atoms with E-state index < -0.39 is 0 Å². The van der Waals surface area contributed by atoms with Crippen LogP contribution in [0.5, 0.6) is 11.5 Å². The molecule has 0 N–H and O–H groups in total. The van der Waals surface area contributed by atoms with Crippen molar-refractivity contribution in [2.24, 2.45) is 0 Å². The van der Waals surface area contributed by atoms with Gasteiger partial charge in [0, 0.05) is 42.1 Å². The Bertz CT molecular complexity index is 1360. The predicted molar refractivity (Wildman–Crippen MR) is 148 cm³/mol. The number of hydrogen-bond donors (Lipinski definition) is 0. The first-order valence-electron chi connectivity index (χ1n) is 12.6. The fraction of sp³-hybridized carbons (Fsp3) is 0.152. The van der Waals surface area contributed by atoms with Crippen LogP contribution in [0.3, 0.4) is 0 Å². The quantitative estimate of drug-likeness (QED) is 0.300. The van der Waals surface area contributed by atoms with Gasteiger partial charge in [0.1, 0.15) is 11.5 Å². The predicted octanol–water partition coefficient (Wildman–Crippen LogP) is 8.12. The summed E-state index contributed by atoms with van der Waals surface area (Å²) in [5, 5.41) is 0. The number of aryl methyl sites for hydroxylation is 1. The third kappa shape index (κ3) is 4.52. The SMILES string of the molecule is Cc1ccc(-c2ccc(N(C=C3CCOc4ccccc43)C=C3CCOc4ccccc43)cc2)cc1. The second kappa shape index (κ2) is 9.79. The molecule has 0 unspecified atom stereocenters. The van der Waals surface area contributed by atoms with E-state index in [1.165, 1.54) is 27.8 Å². The number of fused-ring (bicyclic) bond motifs is 2. The Kier molecular flexibility index (Phi) is 6.05. The molecular formula is C33H29NO2. The number of ether oxygens (including phenoxy) is 2. The first kappa shape index (κ1) is 22.2. The molecule has 0 saturated heterocycles. The average Bonchev–Trinajstić information content (AvgIpc) is 2.94. The third-order valence-corrected chi connectivity index (χ3v) is 6.86. The maximum Gasteiger partial charge on any atom is 0.126 e. The first-order chi connectivity index (χ1) is 17.7. The van der Waals surface area contributed by atoms with Crippen LogP contribution in [-0.4, -0.2) is 13.2 Å². The highest BCUT2D eigenvalue weighted by atomic mass is 16.5. The van der Waals surface area contributed by atoms with Crippen LogP contribution in [0.25, 0.3) is 22.3 Å². The summed E-state index contributed by atoms with van der Waals surface area (Å²) in [5.74, 6) is 1.91. The summed E-state index contributed by atoms with van der Waals surface area (Å²) in [6.45, 7) is 3.50. The van der Waals surface area contributed by atoms with Crippen LogP contribution < -0.4 is 14.4 Å². The molecule has 0 aromatic heterocycles. The van der Waals surface area contributed by atoms with Gasteiger partial charge in [-0.25, -0.2) is 0 Å². The first-order valence-corrected chi connectivity index (χ1v) is 12.6. The minimum Gasteiger partial charge on any atom is -0.493 e. The number of nitrogens with zero attached hydrogens (tertiary/aromatic N) is 1. The lowest BCUT2D eigenvalue weighted by Crippen LogP contribution is -2.15. The highest BCUT2D eigenvalue weighted by molar-refractivity contribution is 5.79. The molecule has 0 radical (unpaired) electrons. The highest BCUT2D eigenvalue weighted by Crippen LogP contribution is 2.37. The van der Waals surface area contributed by atoms with Crippen LogP contribution in [0.1, 0.15) is 29.5 Å². The van der Waals surface area contributed by atoms with Crippen molar-refractivity contribution in [1.82, 2.24) is 0 Å². The second-order valence-electron chi connectivity index (χ2n) is 9.32. The van der Waals surface area contributed by atoms with Crippen LogP contribution in [0, 0.1) is 6.92 Å². The van der Waals surface area contributed by atoms with E-state index in [0.29, 0.717) is 13.2 Å². The molecule has 2 aliphatic heterocycles. The van der Waals surface area contributed by atoms with Crippen LogP contribution >= 0.6 is 0 Å². The zero-order valence-corrected chi connectivity index (χ0v) is 20.5. The van der Waals surface area contributed by atoms with E-state index in [1.807, 2.05) is 12.1 Å². The summed E-state index contributed by atoms with van der Waals surface area (Å²) >= 11 is 0. The van der Waals surface area contributed by atoms with Crippen LogP contribution in [-0.2, 0) is 0 Å². The maximum atomic E-state index is 5.92.